The van der Waals surface area contributed by atoms with Gasteiger partial charge in [0.2, 0.25) is 0 Å². The molecule has 0 N–H and O–H groups in total. The monoisotopic (exact) mass is 408 g/mol. The minimum absolute atomic E-state index is 0.166. The molecule has 1 aromatic heterocycles. The predicted molar refractivity (Wildman–Crippen MR) is 118 cm³/mol. The zero-order valence-electron chi connectivity index (χ0n) is 17.0. The summed E-state index contributed by atoms with van der Waals surface area (Å²) < 4.78 is 4.69. The van der Waals surface area contributed by atoms with E-state index in [4.69, 9.17) is 4.74 Å². The molecule has 0 radical (unpaired) electrons. The Kier molecular flexibility index (Phi) is 5.91. The zero-order chi connectivity index (χ0) is 21.6. The van der Waals surface area contributed by atoms with E-state index in [2.05, 4.69) is 16.8 Å². The minimum Gasteiger partial charge on any atom is -0.465 e. The van der Waals surface area contributed by atoms with E-state index in [0.717, 1.165) is 16.8 Å². The first-order chi connectivity index (χ1) is 15.1. The fraction of sp³-hybridized carbons (Fsp3) is 0.115. The first kappa shape index (κ1) is 20.1. The molecule has 2 heterocycles. The molecule has 0 saturated carbocycles. The van der Waals surface area contributed by atoms with Crippen LogP contribution in [0.2, 0.25) is 0 Å². The Bertz CT molecular complexity index is 1200. The Balaban J connectivity index is 1.47. The Morgan fingerprint density at radius 3 is 2.48 bits per heavy atom. The van der Waals surface area contributed by atoms with Gasteiger partial charge in [-0.1, -0.05) is 42.3 Å². The van der Waals surface area contributed by atoms with Gasteiger partial charge in [0.15, 0.2) is 0 Å². The average molecular weight is 408 g/mol. The molecule has 0 aliphatic carbocycles. The van der Waals surface area contributed by atoms with E-state index in [0.29, 0.717) is 29.8 Å². The maximum atomic E-state index is 12.9. The molecule has 31 heavy (non-hydrogen) atoms. The van der Waals surface area contributed by atoms with Gasteiger partial charge in [0.1, 0.15) is 5.69 Å². The third kappa shape index (κ3) is 4.71. The van der Waals surface area contributed by atoms with Crippen LogP contribution < -0.4 is 0 Å². The number of benzene rings is 2. The van der Waals surface area contributed by atoms with Crippen LogP contribution in [0.3, 0.4) is 0 Å². The van der Waals surface area contributed by atoms with Gasteiger partial charge >= 0.3 is 5.97 Å². The third-order valence-corrected chi connectivity index (χ3v) is 4.93. The van der Waals surface area contributed by atoms with Crippen molar-refractivity contribution in [3.8, 4) is 11.8 Å². The molecule has 1 aliphatic heterocycles. The summed E-state index contributed by atoms with van der Waals surface area (Å²) in [4.78, 5) is 30.7. The molecule has 2 aromatic carbocycles. The molecule has 152 valence electrons. The number of amides is 1. The first-order valence-corrected chi connectivity index (χ1v) is 9.84. The second-order valence-corrected chi connectivity index (χ2v) is 7.01. The molecule has 4 rings (SSSR count). The second-order valence-electron chi connectivity index (χ2n) is 7.01. The third-order valence-electron chi connectivity index (χ3n) is 4.93. The minimum atomic E-state index is -0.434. The summed E-state index contributed by atoms with van der Waals surface area (Å²) in [5.41, 5.74) is 4.50. The van der Waals surface area contributed by atoms with E-state index in [1.54, 1.807) is 35.4 Å². The molecule has 1 aliphatic rings. The summed E-state index contributed by atoms with van der Waals surface area (Å²) in [7, 11) is 1.32. The van der Waals surface area contributed by atoms with Crippen molar-refractivity contribution in [1.29, 1.82) is 0 Å². The molecule has 0 saturated heterocycles. The van der Waals surface area contributed by atoms with Crippen LogP contribution in [-0.2, 0) is 17.7 Å². The number of aromatic nitrogens is 1. The molecule has 0 unspecified atom stereocenters. The number of fused-ring (bicyclic) bond motifs is 1. The van der Waals surface area contributed by atoms with Crippen molar-refractivity contribution in [3.63, 3.8) is 0 Å². The molecule has 1 amide bonds. The van der Waals surface area contributed by atoms with Crippen molar-refractivity contribution in [2.24, 2.45) is 0 Å². The summed E-state index contributed by atoms with van der Waals surface area (Å²) in [5, 5.41) is 0. The van der Waals surface area contributed by atoms with Crippen LogP contribution in [0, 0.1) is 11.8 Å². The quantitative estimate of drug-likeness (QED) is 0.484. The Morgan fingerprint density at radius 1 is 1.00 bits per heavy atom. The highest BCUT2D eigenvalue weighted by Crippen LogP contribution is 2.20. The highest BCUT2D eigenvalue weighted by Gasteiger charge is 2.20. The summed E-state index contributed by atoms with van der Waals surface area (Å²) >= 11 is 0. The molecular formula is C26H20N2O3. The van der Waals surface area contributed by atoms with Gasteiger partial charge in [-0.15, -0.1) is 0 Å². The molecule has 0 spiro atoms. The zero-order valence-corrected chi connectivity index (χ0v) is 17.0. The predicted octanol–water partition coefficient (Wildman–Crippen LogP) is 4.09. The van der Waals surface area contributed by atoms with Crippen LogP contribution in [0.25, 0.3) is 6.08 Å². The first-order valence-electron chi connectivity index (χ1n) is 9.84. The second kappa shape index (κ2) is 9.10. The number of methoxy groups -OCH3 is 1. The van der Waals surface area contributed by atoms with Crippen molar-refractivity contribution < 1.29 is 14.3 Å². The van der Waals surface area contributed by atoms with Crippen molar-refractivity contribution in [2.75, 3.05) is 7.11 Å². The van der Waals surface area contributed by atoms with Crippen LogP contribution in [-0.4, -0.2) is 28.9 Å². The van der Waals surface area contributed by atoms with Crippen molar-refractivity contribution in [2.45, 2.75) is 13.0 Å². The lowest BCUT2D eigenvalue weighted by atomic mass is 10.1. The number of esters is 1. The van der Waals surface area contributed by atoms with E-state index >= 15 is 0 Å². The molecule has 5 heteroatoms. The van der Waals surface area contributed by atoms with Crippen LogP contribution in [0.15, 0.2) is 72.9 Å². The van der Waals surface area contributed by atoms with Crippen molar-refractivity contribution >= 4 is 18.0 Å². The van der Waals surface area contributed by atoms with Crippen LogP contribution >= 0.6 is 0 Å². The average Bonchev–Trinajstić information content (AvgIpc) is 2.83. The smallest absolute Gasteiger partial charge is 0.337 e. The lowest BCUT2D eigenvalue weighted by Crippen LogP contribution is -2.28. The SMILES string of the molecule is COC(=O)c1ccc(C(=O)N2C=Cc3ccc(C#CCc4ccccc4)nc3C2)cc1. The summed E-state index contributed by atoms with van der Waals surface area (Å²) in [5.74, 6) is 5.66. The molecule has 5 nitrogen and oxygen atoms in total. The Hall–Kier alpha value is -4.17. The summed E-state index contributed by atoms with van der Waals surface area (Å²) in [6, 6.07) is 20.3. The molecule has 0 bridgehead atoms. The van der Waals surface area contributed by atoms with Gasteiger partial charge in [-0.05, 0) is 53.5 Å². The van der Waals surface area contributed by atoms with Crippen LogP contribution in [0.5, 0.6) is 0 Å². The Labute approximate surface area is 181 Å². The van der Waals surface area contributed by atoms with Gasteiger partial charge in [-0.25, -0.2) is 9.78 Å². The van der Waals surface area contributed by atoms with E-state index in [9.17, 15) is 9.59 Å². The lowest BCUT2D eigenvalue weighted by molar-refractivity contribution is 0.0600. The van der Waals surface area contributed by atoms with E-state index in [-0.39, 0.29) is 5.91 Å². The fourth-order valence-corrected chi connectivity index (χ4v) is 3.25. The Morgan fingerprint density at radius 2 is 1.74 bits per heavy atom. The summed E-state index contributed by atoms with van der Waals surface area (Å²) in [6.45, 7) is 0.359. The topological polar surface area (TPSA) is 59.5 Å². The molecule has 0 fully saturated rings. The summed E-state index contributed by atoms with van der Waals surface area (Å²) in [6.07, 6.45) is 4.28. The number of carbonyl (C=O) groups is 2. The highest BCUT2D eigenvalue weighted by atomic mass is 16.5. The maximum absolute atomic E-state index is 12.9. The number of ether oxygens (including phenoxy) is 1. The number of carbonyl (C=O) groups excluding carboxylic acids is 2. The molecule has 0 atom stereocenters. The van der Waals surface area contributed by atoms with E-state index in [1.165, 1.54) is 7.11 Å². The molecule has 3 aromatic rings. The lowest BCUT2D eigenvalue weighted by Gasteiger charge is -2.23. The van der Waals surface area contributed by atoms with Gasteiger partial charge in [-0.3, -0.25) is 4.79 Å². The van der Waals surface area contributed by atoms with E-state index < -0.39 is 5.97 Å². The van der Waals surface area contributed by atoms with Gasteiger partial charge in [-0.2, -0.15) is 0 Å². The van der Waals surface area contributed by atoms with E-state index in [1.807, 2.05) is 48.5 Å². The van der Waals surface area contributed by atoms with Gasteiger partial charge in [0.25, 0.3) is 5.91 Å². The fourth-order valence-electron chi connectivity index (χ4n) is 3.25. The number of nitrogens with zero attached hydrogens (tertiary/aromatic N) is 2. The number of hydrogen-bond acceptors (Lipinski definition) is 4. The van der Waals surface area contributed by atoms with Gasteiger partial charge in [0, 0.05) is 18.2 Å². The van der Waals surface area contributed by atoms with Crippen LogP contribution in [0.4, 0.5) is 0 Å². The number of pyridine rings is 1. The van der Waals surface area contributed by atoms with Gasteiger partial charge in [0.05, 0.1) is 24.9 Å². The normalized spacial score (nSPS) is 11.8. The maximum Gasteiger partial charge on any atom is 0.337 e. The largest absolute Gasteiger partial charge is 0.465 e. The number of hydrogen-bond donors (Lipinski definition) is 0. The van der Waals surface area contributed by atoms with Crippen LogP contribution in [0.1, 0.15) is 43.2 Å². The molecular weight excluding hydrogens is 388 g/mol. The van der Waals surface area contributed by atoms with Gasteiger partial charge < -0.3 is 9.64 Å². The highest BCUT2D eigenvalue weighted by molar-refractivity contribution is 5.97. The standard InChI is InChI=1S/C26H20N2O3/c1-31-26(30)22-12-10-21(11-13-22)25(29)28-17-16-20-14-15-23(27-24(20)18-28)9-5-8-19-6-3-2-4-7-19/h2-4,6-7,10-17H,8,18H2,1H3. The number of rotatable bonds is 3. The van der Waals surface area contributed by atoms with Crippen molar-refractivity contribution in [3.05, 3.63) is 107 Å². The van der Waals surface area contributed by atoms with Crippen molar-refractivity contribution in [1.82, 2.24) is 9.88 Å².